The van der Waals surface area contributed by atoms with E-state index in [9.17, 15) is 9.59 Å². The fraction of sp³-hybridized carbons (Fsp3) is 0.308. The quantitative estimate of drug-likeness (QED) is 0.529. The Morgan fingerprint density at radius 3 is 2.39 bits per heavy atom. The molecule has 2 heterocycles. The summed E-state index contributed by atoms with van der Waals surface area (Å²) in [5.41, 5.74) is 5.06. The second-order valence-electron chi connectivity index (χ2n) is 8.29. The molecule has 2 aromatic carbocycles. The maximum Gasteiger partial charge on any atom is 0.246 e. The number of aromatic nitrogens is 3. The minimum absolute atomic E-state index is 0.00265. The molecule has 5 rings (SSSR count). The van der Waals surface area contributed by atoms with Gasteiger partial charge in [0.25, 0.3) is 0 Å². The van der Waals surface area contributed by atoms with Crippen molar-refractivity contribution in [1.29, 1.82) is 0 Å². The summed E-state index contributed by atoms with van der Waals surface area (Å²) in [5, 5.41) is 10.9. The fourth-order valence-corrected chi connectivity index (χ4v) is 5.56. The molecule has 168 valence electrons. The van der Waals surface area contributed by atoms with Crippen molar-refractivity contribution < 1.29 is 9.59 Å². The van der Waals surface area contributed by atoms with E-state index in [1.54, 1.807) is 9.69 Å². The predicted molar refractivity (Wildman–Crippen MR) is 130 cm³/mol. The molecule has 0 N–H and O–H groups in total. The Kier molecular flexibility index (Phi) is 5.89. The molecule has 0 saturated carbocycles. The first-order valence-corrected chi connectivity index (χ1v) is 12.4. The molecule has 0 saturated heterocycles. The molecule has 1 aliphatic carbocycles. The number of carbonyl (C=O) groups excluding carboxylic acids is 2. The van der Waals surface area contributed by atoms with Crippen LogP contribution >= 0.6 is 11.8 Å². The third-order valence-electron chi connectivity index (χ3n) is 6.20. The van der Waals surface area contributed by atoms with Crippen LogP contribution in [0, 0.1) is 0 Å². The number of hydrogen-bond acceptors (Lipinski definition) is 5. The summed E-state index contributed by atoms with van der Waals surface area (Å²) >= 11 is 1.30. The molecule has 33 heavy (non-hydrogen) atoms. The number of ketones is 1. The van der Waals surface area contributed by atoms with Crippen LogP contribution in [0.25, 0.3) is 17.1 Å². The molecular formula is C26H26N4O2S. The third kappa shape index (κ3) is 3.80. The second kappa shape index (κ2) is 8.98. The Morgan fingerprint density at radius 2 is 1.67 bits per heavy atom. The molecule has 0 bridgehead atoms. The number of hydrogen-bond donors (Lipinski definition) is 0. The predicted octanol–water partition coefficient (Wildman–Crippen LogP) is 5.15. The number of Topliss-reactive ketones (excluding diaryl/α,β-unsaturated/α-hetero) is 1. The smallest absolute Gasteiger partial charge is 0.246 e. The van der Waals surface area contributed by atoms with E-state index in [1.807, 2.05) is 44.2 Å². The van der Waals surface area contributed by atoms with Gasteiger partial charge in [0.2, 0.25) is 11.1 Å². The van der Waals surface area contributed by atoms with Crippen LogP contribution in [0.15, 0.2) is 58.6 Å². The van der Waals surface area contributed by atoms with E-state index >= 15 is 0 Å². The normalized spacial score (nSPS) is 15.3. The number of benzene rings is 2. The van der Waals surface area contributed by atoms with Gasteiger partial charge in [-0.25, -0.2) is 5.01 Å². The highest BCUT2D eigenvalue weighted by Gasteiger charge is 2.36. The van der Waals surface area contributed by atoms with E-state index in [-0.39, 0.29) is 11.7 Å². The zero-order valence-corrected chi connectivity index (χ0v) is 19.7. The van der Waals surface area contributed by atoms with E-state index in [1.165, 1.54) is 29.3 Å². The minimum atomic E-state index is -0.109. The highest BCUT2D eigenvalue weighted by molar-refractivity contribution is 8.04. The summed E-state index contributed by atoms with van der Waals surface area (Å²) in [4.78, 5) is 27.1. The lowest BCUT2D eigenvalue weighted by Gasteiger charge is -2.33. The second-order valence-corrected chi connectivity index (χ2v) is 9.27. The van der Waals surface area contributed by atoms with Gasteiger partial charge in [0.1, 0.15) is 0 Å². The number of rotatable bonds is 5. The van der Waals surface area contributed by atoms with Gasteiger partial charge in [0, 0.05) is 24.0 Å². The van der Waals surface area contributed by atoms with Crippen molar-refractivity contribution in [3.8, 4) is 11.4 Å². The van der Waals surface area contributed by atoms with Gasteiger partial charge >= 0.3 is 0 Å². The third-order valence-corrected chi connectivity index (χ3v) is 7.26. The zero-order chi connectivity index (χ0) is 22.9. The van der Waals surface area contributed by atoms with Gasteiger partial charge in [-0.2, -0.15) is 4.68 Å². The summed E-state index contributed by atoms with van der Waals surface area (Å²) in [7, 11) is 0. The number of aryl methyl sites for hydroxylation is 2. The van der Waals surface area contributed by atoms with Gasteiger partial charge in [0.05, 0.1) is 10.6 Å². The summed E-state index contributed by atoms with van der Waals surface area (Å²) in [6.07, 6.45) is 5.11. The maximum atomic E-state index is 13.4. The lowest BCUT2D eigenvalue weighted by atomic mass is 9.89. The van der Waals surface area contributed by atoms with Crippen molar-refractivity contribution >= 4 is 29.1 Å². The molecule has 0 unspecified atom stereocenters. The van der Waals surface area contributed by atoms with Crippen molar-refractivity contribution in [1.82, 2.24) is 14.9 Å². The first-order chi connectivity index (χ1) is 16.1. The van der Waals surface area contributed by atoms with Crippen LogP contribution in [-0.4, -0.2) is 26.6 Å². The number of allylic oxidation sites excluding steroid dienone is 1. The molecule has 7 heteroatoms. The van der Waals surface area contributed by atoms with Crippen molar-refractivity contribution in [2.75, 3.05) is 5.01 Å². The molecule has 3 aromatic rings. The Labute approximate surface area is 197 Å². The van der Waals surface area contributed by atoms with Crippen LogP contribution in [0.4, 0.5) is 0 Å². The number of fused-ring (bicyclic) bond motifs is 2. The van der Waals surface area contributed by atoms with E-state index in [4.69, 9.17) is 0 Å². The van der Waals surface area contributed by atoms with Crippen molar-refractivity contribution in [3.05, 3.63) is 70.1 Å². The average Bonchev–Trinajstić information content (AvgIpc) is 3.30. The van der Waals surface area contributed by atoms with Crippen LogP contribution in [0.3, 0.4) is 0 Å². The van der Waals surface area contributed by atoms with E-state index in [0.717, 1.165) is 30.4 Å². The average molecular weight is 459 g/mol. The molecule has 0 radical (unpaired) electrons. The van der Waals surface area contributed by atoms with Crippen molar-refractivity contribution in [2.24, 2.45) is 0 Å². The number of amides is 1. The summed E-state index contributed by atoms with van der Waals surface area (Å²) < 4.78 is 1.77. The Morgan fingerprint density at radius 1 is 0.909 bits per heavy atom. The molecule has 2 aliphatic rings. The molecule has 0 atom stereocenters. The van der Waals surface area contributed by atoms with Crippen LogP contribution in [0.1, 0.15) is 56.2 Å². The van der Waals surface area contributed by atoms with Gasteiger partial charge in [0.15, 0.2) is 11.6 Å². The number of thioether (sulfide) groups is 1. The fourth-order valence-electron chi connectivity index (χ4n) is 4.48. The van der Waals surface area contributed by atoms with Crippen LogP contribution in [0.5, 0.6) is 0 Å². The molecule has 0 fully saturated rings. The zero-order valence-electron chi connectivity index (χ0n) is 18.9. The van der Waals surface area contributed by atoms with Crippen LogP contribution in [-0.2, 0) is 22.4 Å². The maximum absolute atomic E-state index is 13.4. The topological polar surface area (TPSA) is 68.1 Å². The SMILES string of the molecule is CCC(=O)C1=C(c2ccc3c(c2)CCCC3)N(C(=O)CC)n2c(nnc2-c2ccccc2)S1. The molecule has 1 amide bonds. The molecule has 6 nitrogen and oxygen atoms in total. The summed E-state index contributed by atoms with van der Waals surface area (Å²) in [6.45, 7) is 3.68. The number of carbonyl (C=O) groups is 2. The summed E-state index contributed by atoms with van der Waals surface area (Å²) in [6, 6.07) is 16.1. The van der Waals surface area contributed by atoms with Crippen LogP contribution in [0.2, 0.25) is 0 Å². The van der Waals surface area contributed by atoms with Crippen molar-refractivity contribution in [2.45, 2.75) is 57.5 Å². The molecule has 1 aliphatic heterocycles. The van der Waals surface area contributed by atoms with Crippen molar-refractivity contribution in [3.63, 3.8) is 0 Å². The molecule has 0 spiro atoms. The monoisotopic (exact) mass is 458 g/mol. The highest BCUT2D eigenvalue weighted by Crippen LogP contribution is 2.42. The van der Waals surface area contributed by atoms with Gasteiger partial charge in [-0.3, -0.25) is 9.59 Å². The standard InChI is InChI=1S/C26H26N4O2S/c1-3-21(31)24-23(20-15-14-17-10-8-9-13-19(17)16-20)29(22(32)4-2)30-25(27-28-26(30)33-24)18-11-6-5-7-12-18/h5-7,11-12,14-16H,3-4,8-10,13H2,1-2H3. The number of nitrogens with zero attached hydrogens (tertiary/aromatic N) is 4. The van der Waals surface area contributed by atoms with Crippen LogP contribution < -0.4 is 5.01 Å². The Balaban J connectivity index is 1.74. The van der Waals surface area contributed by atoms with Gasteiger partial charge in [-0.05, 0) is 54.6 Å². The Hall–Kier alpha value is -3.19. The minimum Gasteiger partial charge on any atom is -0.294 e. The first-order valence-electron chi connectivity index (χ1n) is 11.5. The molecule has 1 aromatic heterocycles. The summed E-state index contributed by atoms with van der Waals surface area (Å²) in [5.74, 6) is 0.471. The highest BCUT2D eigenvalue weighted by atomic mass is 32.2. The first kappa shape index (κ1) is 21.6. The van der Waals surface area contributed by atoms with E-state index in [2.05, 4.69) is 28.4 Å². The van der Waals surface area contributed by atoms with Gasteiger partial charge in [-0.1, -0.05) is 56.3 Å². The lowest BCUT2D eigenvalue weighted by Crippen LogP contribution is -2.42. The van der Waals surface area contributed by atoms with Gasteiger partial charge < -0.3 is 0 Å². The van der Waals surface area contributed by atoms with Gasteiger partial charge in [-0.15, -0.1) is 10.2 Å². The van der Waals surface area contributed by atoms with E-state index in [0.29, 0.717) is 34.4 Å². The van der Waals surface area contributed by atoms with E-state index < -0.39 is 0 Å². The largest absolute Gasteiger partial charge is 0.294 e. The lowest BCUT2D eigenvalue weighted by molar-refractivity contribution is -0.118. The molecular weight excluding hydrogens is 432 g/mol. The Bertz CT molecular complexity index is 1260.